The van der Waals surface area contributed by atoms with Crippen LogP contribution in [0.1, 0.15) is 75.4 Å². The number of unbranched alkanes of at least 4 members (excludes halogenated alkanes) is 2. The lowest BCUT2D eigenvalue weighted by atomic mass is 9.88. The molecule has 0 radical (unpaired) electrons. The average molecular weight is 344 g/mol. The second kappa shape index (κ2) is 8.93. The SMILES string of the molecule is CCCCC(CCCC)c1ccc(-n2c(C)nc(C)cc2=O)cc1F. The number of halogens is 1. The molecule has 1 aromatic carbocycles. The molecule has 136 valence electrons. The van der Waals surface area contributed by atoms with E-state index < -0.39 is 0 Å². The van der Waals surface area contributed by atoms with Gasteiger partial charge in [0.15, 0.2) is 0 Å². The quantitative estimate of drug-likeness (QED) is 0.638. The highest BCUT2D eigenvalue weighted by atomic mass is 19.1. The first kappa shape index (κ1) is 19.4. The van der Waals surface area contributed by atoms with Crippen molar-refractivity contribution < 1.29 is 4.39 Å². The van der Waals surface area contributed by atoms with Crippen LogP contribution >= 0.6 is 0 Å². The smallest absolute Gasteiger partial charge is 0.258 e. The van der Waals surface area contributed by atoms with E-state index >= 15 is 0 Å². The van der Waals surface area contributed by atoms with E-state index in [9.17, 15) is 9.18 Å². The first-order valence-corrected chi connectivity index (χ1v) is 9.35. The van der Waals surface area contributed by atoms with Gasteiger partial charge in [-0.2, -0.15) is 0 Å². The van der Waals surface area contributed by atoms with Crippen LogP contribution in [0, 0.1) is 19.7 Å². The first-order chi connectivity index (χ1) is 12.0. The van der Waals surface area contributed by atoms with Gasteiger partial charge in [0.25, 0.3) is 5.56 Å². The summed E-state index contributed by atoms with van der Waals surface area (Å²) in [6.45, 7) is 7.88. The summed E-state index contributed by atoms with van der Waals surface area (Å²) in [6, 6.07) is 6.65. The van der Waals surface area contributed by atoms with Crippen LogP contribution in [-0.2, 0) is 0 Å². The highest BCUT2D eigenvalue weighted by Gasteiger charge is 2.17. The number of aromatic nitrogens is 2. The van der Waals surface area contributed by atoms with Crippen molar-refractivity contribution in [2.75, 3.05) is 0 Å². The van der Waals surface area contributed by atoms with Gasteiger partial charge in [-0.25, -0.2) is 9.37 Å². The van der Waals surface area contributed by atoms with Gasteiger partial charge in [-0.05, 0) is 50.3 Å². The van der Waals surface area contributed by atoms with Crippen LogP contribution in [-0.4, -0.2) is 9.55 Å². The Labute approximate surface area is 149 Å². The fourth-order valence-corrected chi connectivity index (χ4v) is 3.40. The number of hydrogen-bond donors (Lipinski definition) is 0. The van der Waals surface area contributed by atoms with E-state index in [1.165, 1.54) is 16.7 Å². The largest absolute Gasteiger partial charge is 0.269 e. The van der Waals surface area contributed by atoms with Crippen LogP contribution in [0.5, 0.6) is 0 Å². The van der Waals surface area contributed by atoms with Crippen molar-refractivity contribution in [1.82, 2.24) is 9.55 Å². The van der Waals surface area contributed by atoms with Crippen LogP contribution in [0.25, 0.3) is 5.69 Å². The minimum absolute atomic E-state index is 0.175. The highest BCUT2D eigenvalue weighted by Crippen LogP contribution is 2.30. The molecule has 2 aromatic rings. The first-order valence-electron chi connectivity index (χ1n) is 9.35. The Morgan fingerprint density at radius 2 is 1.72 bits per heavy atom. The molecule has 2 rings (SSSR count). The van der Waals surface area contributed by atoms with Crippen molar-refractivity contribution in [2.45, 2.75) is 72.1 Å². The molecular weight excluding hydrogens is 315 g/mol. The fourth-order valence-electron chi connectivity index (χ4n) is 3.40. The van der Waals surface area contributed by atoms with E-state index in [0.717, 1.165) is 44.1 Å². The Hall–Kier alpha value is -1.97. The van der Waals surface area contributed by atoms with Gasteiger partial charge in [-0.3, -0.25) is 9.36 Å². The Balaban J connectivity index is 2.38. The summed E-state index contributed by atoms with van der Waals surface area (Å²) in [5.41, 5.74) is 1.82. The molecule has 1 heterocycles. The maximum Gasteiger partial charge on any atom is 0.258 e. The molecule has 0 spiro atoms. The van der Waals surface area contributed by atoms with Crippen molar-refractivity contribution >= 4 is 0 Å². The van der Waals surface area contributed by atoms with Gasteiger partial charge in [0.05, 0.1) is 5.69 Å². The monoisotopic (exact) mass is 344 g/mol. The maximum absolute atomic E-state index is 14.8. The third kappa shape index (κ3) is 4.77. The maximum atomic E-state index is 14.8. The number of rotatable bonds is 8. The van der Waals surface area contributed by atoms with Gasteiger partial charge in [0.2, 0.25) is 0 Å². The van der Waals surface area contributed by atoms with E-state index in [0.29, 0.717) is 17.2 Å². The normalized spacial score (nSPS) is 11.3. The van der Waals surface area contributed by atoms with Crippen LogP contribution in [0.2, 0.25) is 0 Å². The van der Waals surface area contributed by atoms with Gasteiger partial charge in [0.1, 0.15) is 11.6 Å². The van der Waals surface area contributed by atoms with Crippen LogP contribution in [0.4, 0.5) is 4.39 Å². The molecule has 0 amide bonds. The molecule has 0 unspecified atom stereocenters. The Kier molecular flexibility index (Phi) is 6.91. The second-order valence-electron chi connectivity index (χ2n) is 6.81. The second-order valence-corrected chi connectivity index (χ2v) is 6.81. The van der Waals surface area contributed by atoms with Gasteiger partial charge < -0.3 is 0 Å². The summed E-state index contributed by atoms with van der Waals surface area (Å²) in [4.78, 5) is 16.6. The summed E-state index contributed by atoms with van der Waals surface area (Å²) in [6.07, 6.45) is 6.47. The zero-order valence-electron chi connectivity index (χ0n) is 15.8. The van der Waals surface area contributed by atoms with E-state index in [2.05, 4.69) is 18.8 Å². The molecule has 0 bridgehead atoms. The third-order valence-electron chi connectivity index (χ3n) is 4.71. The van der Waals surface area contributed by atoms with Crippen molar-refractivity contribution in [3.63, 3.8) is 0 Å². The lowest BCUT2D eigenvalue weighted by Crippen LogP contribution is -2.22. The highest BCUT2D eigenvalue weighted by molar-refractivity contribution is 5.38. The van der Waals surface area contributed by atoms with Gasteiger partial charge >= 0.3 is 0 Å². The molecule has 4 heteroatoms. The Morgan fingerprint density at radius 1 is 1.08 bits per heavy atom. The summed E-state index contributed by atoms with van der Waals surface area (Å²) in [5, 5.41) is 0. The third-order valence-corrected chi connectivity index (χ3v) is 4.71. The molecule has 0 N–H and O–H groups in total. The summed E-state index contributed by atoms with van der Waals surface area (Å²) < 4.78 is 16.3. The molecule has 0 atom stereocenters. The lowest BCUT2D eigenvalue weighted by molar-refractivity contribution is 0.496. The van der Waals surface area contributed by atoms with E-state index in [4.69, 9.17) is 0 Å². The summed E-state index contributed by atoms with van der Waals surface area (Å²) >= 11 is 0. The molecule has 0 fully saturated rings. The zero-order chi connectivity index (χ0) is 18.4. The molecular formula is C21H29FN2O. The lowest BCUT2D eigenvalue weighted by Gasteiger charge is -2.19. The molecule has 3 nitrogen and oxygen atoms in total. The molecule has 1 aromatic heterocycles. The van der Waals surface area contributed by atoms with E-state index in [-0.39, 0.29) is 17.3 Å². The summed E-state index contributed by atoms with van der Waals surface area (Å²) in [7, 11) is 0. The van der Waals surface area contributed by atoms with Crippen molar-refractivity contribution in [3.8, 4) is 5.69 Å². The Morgan fingerprint density at radius 3 is 2.24 bits per heavy atom. The van der Waals surface area contributed by atoms with E-state index in [1.807, 2.05) is 12.1 Å². The van der Waals surface area contributed by atoms with Crippen LogP contribution in [0.15, 0.2) is 29.1 Å². The minimum atomic E-state index is -0.221. The molecule has 0 aliphatic rings. The predicted octanol–water partition coefficient (Wildman–Crippen LogP) is 5.45. The van der Waals surface area contributed by atoms with Crippen LogP contribution in [0.3, 0.4) is 0 Å². The topological polar surface area (TPSA) is 34.9 Å². The number of nitrogens with zero attached hydrogens (tertiary/aromatic N) is 2. The molecule has 0 aliphatic heterocycles. The summed E-state index contributed by atoms with van der Waals surface area (Å²) in [5.74, 6) is 0.607. The standard InChI is InChI=1S/C21H29FN2O/c1-5-7-9-17(10-8-6-2)19-12-11-18(14-20(19)22)24-16(4)23-15(3)13-21(24)25/h11-14,17H,5-10H2,1-4H3. The van der Waals surface area contributed by atoms with E-state index in [1.54, 1.807) is 13.8 Å². The number of hydrogen-bond acceptors (Lipinski definition) is 2. The predicted molar refractivity (Wildman–Crippen MR) is 101 cm³/mol. The zero-order valence-corrected chi connectivity index (χ0v) is 15.8. The average Bonchev–Trinajstić information content (AvgIpc) is 2.55. The fraction of sp³-hybridized carbons (Fsp3) is 0.524. The van der Waals surface area contributed by atoms with Crippen molar-refractivity contribution in [1.29, 1.82) is 0 Å². The Bertz CT molecular complexity index is 759. The van der Waals surface area contributed by atoms with Gasteiger partial charge in [-0.1, -0.05) is 45.6 Å². The number of aryl methyl sites for hydroxylation is 2. The molecule has 0 saturated heterocycles. The van der Waals surface area contributed by atoms with Crippen LogP contribution < -0.4 is 5.56 Å². The van der Waals surface area contributed by atoms with Crippen molar-refractivity contribution in [2.24, 2.45) is 0 Å². The van der Waals surface area contributed by atoms with Gasteiger partial charge in [-0.15, -0.1) is 0 Å². The number of benzene rings is 1. The molecule has 25 heavy (non-hydrogen) atoms. The van der Waals surface area contributed by atoms with Crippen molar-refractivity contribution in [3.05, 3.63) is 57.5 Å². The minimum Gasteiger partial charge on any atom is -0.269 e. The molecule has 0 aliphatic carbocycles. The molecule has 0 saturated carbocycles. The van der Waals surface area contributed by atoms with Gasteiger partial charge in [0, 0.05) is 11.8 Å².